The minimum atomic E-state index is 0.432. The van der Waals surface area contributed by atoms with Gasteiger partial charge in [0.05, 0.1) is 0 Å². The summed E-state index contributed by atoms with van der Waals surface area (Å²) in [5.74, 6) is 1.23. The average molecular weight is 297 g/mol. The smallest absolute Gasteiger partial charge is 0.0464 e. The normalized spacial score (nSPS) is 29.1. The molecule has 0 aromatic carbocycles. The van der Waals surface area contributed by atoms with Crippen LogP contribution in [0.2, 0.25) is 0 Å². The summed E-state index contributed by atoms with van der Waals surface area (Å²) < 4.78 is 0. The molecule has 1 aliphatic heterocycles. The topological polar surface area (TPSA) is 24.9 Å². The van der Waals surface area contributed by atoms with E-state index in [-0.39, 0.29) is 0 Å². The molecule has 2 heterocycles. The SMILES string of the molecule is CCCNC(c1cccnc1)C1CSC(C)C(C)S1. The van der Waals surface area contributed by atoms with Crippen molar-refractivity contribution in [1.82, 2.24) is 10.3 Å². The summed E-state index contributed by atoms with van der Waals surface area (Å²) in [5, 5.41) is 5.86. The minimum Gasteiger partial charge on any atom is -0.309 e. The van der Waals surface area contributed by atoms with Gasteiger partial charge < -0.3 is 5.32 Å². The second-order valence-electron chi connectivity index (χ2n) is 5.14. The number of thioether (sulfide) groups is 2. The third-order valence-electron chi connectivity index (χ3n) is 3.60. The highest BCUT2D eigenvalue weighted by Gasteiger charge is 2.31. The molecule has 1 N–H and O–H groups in total. The Morgan fingerprint density at radius 2 is 2.26 bits per heavy atom. The second-order valence-corrected chi connectivity index (χ2v) is 8.17. The molecule has 19 heavy (non-hydrogen) atoms. The van der Waals surface area contributed by atoms with Crippen LogP contribution in [-0.4, -0.2) is 33.0 Å². The molecule has 106 valence electrons. The van der Waals surface area contributed by atoms with Crippen LogP contribution in [0.4, 0.5) is 0 Å². The first-order chi connectivity index (χ1) is 9.22. The fourth-order valence-electron chi connectivity index (χ4n) is 2.31. The summed E-state index contributed by atoms with van der Waals surface area (Å²) in [6.45, 7) is 8.00. The molecular weight excluding hydrogens is 272 g/mol. The Bertz CT molecular complexity index is 372. The zero-order valence-electron chi connectivity index (χ0n) is 12.0. The number of nitrogens with zero attached hydrogens (tertiary/aromatic N) is 1. The van der Waals surface area contributed by atoms with Crippen molar-refractivity contribution >= 4 is 23.5 Å². The van der Waals surface area contributed by atoms with E-state index in [4.69, 9.17) is 0 Å². The van der Waals surface area contributed by atoms with Gasteiger partial charge >= 0.3 is 0 Å². The summed E-state index contributed by atoms with van der Waals surface area (Å²) in [7, 11) is 0. The number of hydrogen-bond donors (Lipinski definition) is 1. The number of rotatable bonds is 5. The van der Waals surface area contributed by atoms with Gasteiger partial charge in [0, 0.05) is 39.9 Å². The largest absolute Gasteiger partial charge is 0.309 e. The maximum absolute atomic E-state index is 4.29. The minimum absolute atomic E-state index is 0.432. The first-order valence-corrected chi connectivity index (χ1v) is 9.12. The van der Waals surface area contributed by atoms with Crippen LogP contribution in [0.15, 0.2) is 24.5 Å². The van der Waals surface area contributed by atoms with E-state index in [0.29, 0.717) is 11.3 Å². The molecule has 4 atom stereocenters. The van der Waals surface area contributed by atoms with E-state index in [2.05, 4.69) is 60.7 Å². The number of hydrogen-bond acceptors (Lipinski definition) is 4. The Kier molecular flexibility index (Phi) is 6.05. The number of nitrogens with one attached hydrogen (secondary N) is 1. The molecule has 0 saturated carbocycles. The highest BCUT2D eigenvalue weighted by molar-refractivity contribution is 8.07. The lowest BCUT2D eigenvalue weighted by Gasteiger charge is -2.36. The van der Waals surface area contributed by atoms with Gasteiger partial charge in [-0.25, -0.2) is 0 Å². The molecule has 1 aliphatic rings. The molecule has 2 rings (SSSR count). The Hall–Kier alpha value is -0.190. The fraction of sp³-hybridized carbons (Fsp3) is 0.667. The standard InChI is InChI=1S/C15H24N2S2/c1-4-7-17-15(13-6-5-8-16-9-13)14-10-18-11(2)12(3)19-14/h5-6,8-9,11-12,14-15,17H,4,7,10H2,1-3H3. The van der Waals surface area contributed by atoms with Crippen LogP contribution in [-0.2, 0) is 0 Å². The number of pyridine rings is 1. The van der Waals surface area contributed by atoms with Crippen molar-refractivity contribution in [2.24, 2.45) is 0 Å². The maximum atomic E-state index is 4.29. The third-order valence-corrected chi connectivity index (χ3v) is 7.10. The Balaban J connectivity index is 2.09. The van der Waals surface area contributed by atoms with E-state index in [1.165, 1.54) is 17.7 Å². The highest BCUT2D eigenvalue weighted by atomic mass is 32.2. The van der Waals surface area contributed by atoms with Gasteiger partial charge in [0.1, 0.15) is 0 Å². The van der Waals surface area contributed by atoms with Crippen molar-refractivity contribution in [3.8, 4) is 0 Å². The molecule has 0 radical (unpaired) electrons. The average Bonchev–Trinajstić information content (AvgIpc) is 2.44. The lowest BCUT2D eigenvalue weighted by molar-refractivity contribution is 0.526. The van der Waals surface area contributed by atoms with Crippen molar-refractivity contribution in [3.05, 3.63) is 30.1 Å². The molecule has 4 unspecified atom stereocenters. The van der Waals surface area contributed by atoms with Gasteiger partial charge in [-0.05, 0) is 24.6 Å². The van der Waals surface area contributed by atoms with Crippen LogP contribution in [0.3, 0.4) is 0 Å². The van der Waals surface area contributed by atoms with E-state index in [1.807, 2.05) is 18.5 Å². The van der Waals surface area contributed by atoms with Gasteiger partial charge in [-0.3, -0.25) is 4.98 Å². The van der Waals surface area contributed by atoms with Crippen molar-refractivity contribution in [3.63, 3.8) is 0 Å². The molecule has 0 amide bonds. The van der Waals surface area contributed by atoms with Gasteiger partial charge in [0.25, 0.3) is 0 Å². The molecule has 0 aliphatic carbocycles. The van der Waals surface area contributed by atoms with Crippen LogP contribution in [0.5, 0.6) is 0 Å². The van der Waals surface area contributed by atoms with Gasteiger partial charge in [-0.1, -0.05) is 26.8 Å². The predicted octanol–water partition coefficient (Wildman–Crippen LogP) is 3.75. The highest BCUT2D eigenvalue weighted by Crippen LogP contribution is 2.40. The molecule has 1 aromatic rings. The van der Waals surface area contributed by atoms with E-state index < -0.39 is 0 Å². The van der Waals surface area contributed by atoms with E-state index >= 15 is 0 Å². The van der Waals surface area contributed by atoms with Crippen LogP contribution >= 0.6 is 23.5 Å². The Morgan fingerprint density at radius 3 is 2.89 bits per heavy atom. The summed E-state index contributed by atoms with van der Waals surface area (Å²) >= 11 is 4.25. The zero-order valence-corrected chi connectivity index (χ0v) is 13.6. The molecule has 4 heteroatoms. The molecule has 0 spiro atoms. The molecule has 2 nitrogen and oxygen atoms in total. The van der Waals surface area contributed by atoms with Crippen molar-refractivity contribution in [2.45, 2.75) is 49.0 Å². The van der Waals surface area contributed by atoms with Crippen molar-refractivity contribution in [2.75, 3.05) is 12.3 Å². The summed E-state index contributed by atoms with van der Waals surface area (Å²) in [5.41, 5.74) is 1.33. The molecule has 1 aromatic heterocycles. The third kappa shape index (κ3) is 4.14. The van der Waals surface area contributed by atoms with E-state index in [0.717, 1.165) is 17.0 Å². The lowest BCUT2D eigenvalue weighted by Crippen LogP contribution is -2.37. The number of aromatic nitrogens is 1. The van der Waals surface area contributed by atoms with Crippen LogP contribution < -0.4 is 5.32 Å². The van der Waals surface area contributed by atoms with E-state index in [1.54, 1.807) is 0 Å². The molecular formula is C15H24N2S2. The van der Waals surface area contributed by atoms with Crippen molar-refractivity contribution < 1.29 is 0 Å². The lowest BCUT2D eigenvalue weighted by atomic mass is 10.1. The second kappa shape index (κ2) is 7.55. The monoisotopic (exact) mass is 296 g/mol. The first kappa shape index (κ1) is 15.2. The predicted molar refractivity (Wildman–Crippen MR) is 88.0 cm³/mol. The quantitative estimate of drug-likeness (QED) is 0.894. The van der Waals surface area contributed by atoms with Crippen LogP contribution in [0.25, 0.3) is 0 Å². The summed E-state index contributed by atoms with van der Waals surface area (Å²) in [4.78, 5) is 4.29. The Labute approximate surface area is 125 Å². The maximum Gasteiger partial charge on any atom is 0.0464 e. The van der Waals surface area contributed by atoms with Crippen LogP contribution in [0.1, 0.15) is 38.8 Å². The molecule has 1 fully saturated rings. The summed E-state index contributed by atoms with van der Waals surface area (Å²) in [6, 6.07) is 4.68. The molecule has 1 saturated heterocycles. The Morgan fingerprint density at radius 1 is 1.42 bits per heavy atom. The zero-order chi connectivity index (χ0) is 13.7. The van der Waals surface area contributed by atoms with E-state index in [9.17, 15) is 0 Å². The van der Waals surface area contributed by atoms with Gasteiger partial charge in [-0.15, -0.1) is 0 Å². The van der Waals surface area contributed by atoms with Gasteiger partial charge in [-0.2, -0.15) is 23.5 Å². The first-order valence-electron chi connectivity index (χ1n) is 7.12. The van der Waals surface area contributed by atoms with Crippen LogP contribution in [0, 0.1) is 0 Å². The van der Waals surface area contributed by atoms with Crippen molar-refractivity contribution in [1.29, 1.82) is 0 Å². The summed E-state index contributed by atoms with van der Waals surface area (Å²) in [6.07, 6.45) is 5.04. The fourth-order valence-corrected chi connectivity index (χ4v) is 5.42. The van der Waals surface area contributed by atoms with Gasteiger partial charge in [0.15, 0.2) is 0 Å². The molecule has 0 bridgehead atoms. The van der Waals surface area contributed by atoms with Gasteiger partial charge in [0.2, 0.25) is 0 Å².